The lowest BCUT2D eigenvalue weighted by atomic mass is 10.2. The van der Waals surface area contributed by atoms with Gasteiger partial charge < -0.3 is 11.1 Å². The number of nitrogens with one attached hydrogen (secondary N) is 1. The van der Waals surface area contributed by atoms with Crippen molar-refractivity contribution in [1.29, 1.82) is 0 Å². The number of rotatable bonds is 4. The van der Waals surface area contributed by atoms with Crippen LogP contribution in [0.3, 0.4) is 0 Å². The van der Waals surface area contributed by atoms with E-state index in [-0.39, 0.29) is 11.9 Å². The van der Waals surface area contributed by atoms with Crippen molar-refractivity contribution in [1.82, 2.24) is 8.96 Å². The standard InChI is InChI=1S/C15H16N4O3S2/c1-9(2)24(21,22)19-13-7-11(3-4-12(13)18-15(19)16)17-14(20)10-5-6-23-8-10/h3-9H,1-2H3,(H2,16,18)(H,17,20). The monoisotopic (exact) mass is 364 g/mol. The van der Waals surface area contributed by atoms with Gasteiger partial charge in [0.05, 0.1) is 21.8 Å². The van der Waals surface area contributed by atoms with Crippen LogP contribution in [0.2, 0.25) is 0 Å². The van der Waals surface area contributed by atoms with Gasteiger partial charge in [0.15, 0.2) is 0 Å². The molecule has 7 nitrogen and oxygen atoms in total. The second-order valence-electron chi connectivity index (χ2n) is 5.50. The van der Waals surface area contributed by atoms with Gasteiger partial charge in [-0.3, -0.25) is 4.79 Å². The Morgan fingerprint density at radius 1 is 1.33 bits per heavy atom. The van der Waals surface area contributed by atoms with Crippen LogP contribution < -0.4 is 11.1 Å². The largest absolute Gasteiger partial charge is 0.368 e. The molecule has 1 amide bonds. The van der Waals surface area contributed by atoms with Crippen LogP contribution in [0.4, 0.5) is 11.6 Å². The molecule has 0 spiro atoms. The second kappa shape index (κ2) is 5.91. The molecular weight excluding hydrogens is 348 g/mol. The van der Waals surface area contributed by atoms with Crippen LogP contribution in [0.15, 0.2) is 35.0 Å². The van der Waals surface area contributed by atoms with E-state index in [1.807, 2.05) is 5.38 Å². The Balaban J connectivity index is 2.06. The predicted molar refractivity (Wildman–Crippen MR) is 95.9 cm³/mol. The summed E-state index contributed by atoms with van der Waals surface area (Å²) >= 11 is 1.42. The molecule has 2 heterocycles. The number of carbonyl (C=O) groups excluding carboxylic acids is 1. The van der Waals surface area contributed by atoms with Crippen molar-refractivity contribution in [3.63, 3.8) is 0 Å². The van der Waals surface area contributed by atoms with Gasteiger partial charge in [0.1, 0.15) is 0 Å². The van der Waals surface area contributed by atoms with Crippen LogP contribution in [0.25, 0.3) is 11.0 Å². The van der Waals surface area contributed by atoms with Crippen molar-refractivity contribution in [2.45, 2.75) is 19.1 Å². The SMILES string of the molecule is CC(C)S(=O)(=O)n1c(N)nc2ccc(NC(=O)c3ccsc3)cc21. The molecule has 0 fully saturated rings. The minimum absolute atomic E-state index is 0.0972. The summed E-state index contributed by atoms with van der Waals surface area (Å²) in [4.78, 5) is 16.2. The van der Waals surface area contributed by atoms with Gasteiger partial charge in [-0.2, -0.15) is 11.3 Å². The molecule has 9 heteroatoms. The van der Waals surface area contributed by atoms with Gasteiger partial charge in [0, 0.05) is 11.1 Å². The molecule has 0 radical (unpaired) electrons. The molecule has 0 saturated heterocycles. The zero-order chi connectivity index (χ0) is 17.5. The maximum atomic E-state index is 12.5. The number of fused-ring (bicyclic) bond motifs is 1. The molecule has 0 saturated carbocycles. The molecule has 3 N–H and O–H groups in total. The molecule has 0 bridgehead atoms. The van der Waals surface area contributed by atoms with E-state index in [4.69, 9.17) is 5.73 Å². The molecule has 3 rings (SSSR count). The van der Waals surface area contributed by atoms with E-state index in [9.17, 15) is 13.2 Å². The lowest BCUT2D eigenvalue weighted by molar-refractivity contribution is 0.102. The lowest BCUT2D eigenvalue weighted by Crippen LogP contribution is -2.23. The van der Waals surface area contributed by atoms with Crippen LogP contribution in [-0.2, 0) is 10.0 Å². The third-order valence-electron chi connectivity index (χ3n) is 3.53. The Morgan fingerprint density at radius 2 is 2.08 bits per heavy atom. The fraction of sp³-hybridized carbons (Fsp3) is 0.200. The lowest BCUT2D eigenvalue weighted by Gasteiger charge is -2.11. The number of hydrogen-bond donors (Lipinski definition) is 2. The molecule has 1 aromatic carbocycles. The van der Waals surface area contributed by atoms with Gasteiger partial charge in [-0.05, 0) is 43.5 Å². The van der Waals surface area contributed by atoms with E-state index in [0.717, 1.165) is 3.97 Å². The van der Waals surface area contributed by atoms with E-state index in [0.29, 0.717) is 22.3 Å². The van der Waals surface area contributed by atoms with Crippen molar-refractivity contribution < 1.29 is 13.2 Å². The summed E-state index contributed by atoms with van der Waals surface area (Å²) < 4.78 is 26.0. The summed E-state index contributed by atoms with van der Waals surface area (Å²) in [6, 6.07) is 6.56. The first kappa shape index (κ1) is 16.5. The first-order chi connectivity index (χ1) is 11.3. The number of amides is 1. The molecule has 126 valence electrons. The number of nitrogen functional groups attached to an aromatic ring is 1. The number of benzene rings is 1. The van der Waals surface area contributed by atoms with Crippen LogP contribution in [0.5, 0.6) is 0 Å². The molecule has 24 heavy (non-hydrogen) atoms. The Kier molecular flexibility index (Phi) is 4.06. The third-order valence-corrected chi connectivity index (χ3v) is 6.30. The third kappa shape index (κ3) is 2.76. The number of hydrogen-bond acceptors (Lipinski definition) is 6. The Bertz CT molecular complexity index is 1000. The highest BCUT2D eigenvalue weighted by Crippen LogP contribution is 2.25. The number of nitrogens with zero attached hydrogens (tertiary/aromatic N) is 2. The van der Waals surface area contributed by atoms with E-state index < -0.39 is 15.3 Å². The summed E-state index contributed by atoms with van der Waals surface area (Å²) in [7, 11) is -3.66. The number of carbonyl (C=O) groups is 1. The van der Waals surface area contributed by atoms with Gasteiger partial charge in [-0.1, -0.05) is 0 Å². The Labute approximate surface area is 143 Å². The van der Waals surface area contributed by atoms with Crippen molar-refractivity contribution in [2.75, 3.05) is 11.1 Å². The maximum absolute atomic E-state index is 12.5. The quantitative estimate of drug-likeness (QED) is 0.740. The highest BCUT2D eigenvalue weighted by molar-refractivity contribution is 7.90. The molecule has 0 aliphatic carbocycles. The van der Waals surface area contributed by atoms with Crippen LogP contribution in [0, 0.1) is 0 Å². The Morgan fingerprint density at radius 3 is 2.71 bits per heavy atom. The number of aromatic nitrogens is 2. The summed E-state index contributed by atoms with van der Waals surface area (Å²) in [6.45, 7) is 3.14. The number of imidazole rings is 1. The number of nitrogens with two attached hydrogens (primary N) is 1. The Hall–Kier alpha value is -2.39. The number of thiophene rings is 1. The minimum Gasteiger partial charge on any atom is -0.368 e. The van der Waals surface area contributed by atoms with Gasteiger partial charge in [0.2, 0.25) is 16.0 Å². The van der Waals surface area contributed by atoms with Gasteiger partial charge in [-0.25, -0.2) is 17.4 Å². The first-order valence-corrected chi connectivity index (χ1v) is 9.61. The average molecular weight is 364 g/mol. The fourth-order valence-corrected chi connectivity index (χ4v) is 4.01. The normalized spacial score (nSPS) is 12.0. The molecule has 2 aromatic heterocycles. The van der Waals surface area contributed by atoms with Crippen molar-refractivity contribution in [3.05, 3.63) is 40.6 Å². The zero-order valence-corrected chi connectivity index (χ0v) is 14.7. The maximum Gasteiger partial charge on any atom is 0.256 e. The fourth-order valence-electron chi connectivity index (χ4n) is 2.23. The van der Waals surface area contributed by atoms with E-state index in [1.54, 1.807) is 43.5 Å². The van der Waals surface area contributed by atoms with E-state index in [2.05, 4.69) is 10.3 Å². The molecule has 0 aliphatic rings. The average Bonchev–Trinajstić information content (AvgIpc) is 3.13. The van der Waals surface area contributed by atoms with Gasteiger partial charge in [-0.15, -0.1) is 0 Å². The van der Waals surface area contributed by atoms with E-state index >= 15 is 0 Å². The molecule has 3 aromatic rings. The first-order valence-electron chi connectivity index (χ1n) is 7.16. The van der Waals surface area contributed by atoms with Crippen LogP contribution in [0.1, 0.15) is 24.2 Å². The van der Waals surface area contributed by atoms with E-state index in [1.165, 1.54) is 11.3 Å². The van der Waals surface area contributed by atoms with Gasteiger partial charge in [0.25, 0.3) is 5.91 Å². The topological polar surface area (TPSA) is 107 Å². The molecule has 0 aliphatic heterocycles. The minimum atomic E-state index is -3.66. The summed E-state index contributed by atoms with van der Waals surface area (Å²) in [5, 5.41) is 5.64. The summed E-state index contributed by atoms with van der Waals surface area (Å²) in [5.74, 6) is -0.360. The second-order valence-corrected chi connectivity index (χ2v) is 8.62. The summed E-state index contributed by atoms with van der Waals surface area (Å²) in [5.41, 5.74) is 7.59. The zero-order valence-electron chi connectivity index (χ0n) is 13.1. The van der Waals surface area contributed by atoms with Crippen LogP contribution in [-0.4, -0.2) is 28.5 Å². The van der Waals surface area contributed by atoms with Crippen molar-refractivity contribution >= 4 is 49.9 Å². The van der Waals surface area contributed by atoms with Gasteiger partial charge >= 0.3 is 0 Å². The van der Waals surface area contributed by atoms with Crippen LogP contribution >= 0.6 is 11.3 Å². The highest BCUT2D eigenvalue weighted by Gasteiger charge is 2.24. The van der Waals surface area contributed by atoms with Crippen molar-refractivity contribution in [2.24, 2.45) is 0 Å². The highest BCUT2D eigenvalue weighted by atomic mass is 32.2. The summed E-state index contributed by atoms with van der Waals surface area (Å²) in [6.07, 6.45) is 0. The number of anilines is 2. The smallest absolute Gasteiger partial charge is 0.256 e. The molecule has 0 atom stereocenters. The molecular formula is C15H16N4O3S2. The molecule has 0 unspecified atom stereocenters. The predicted octanol–water partition coefficient (Wildman–Crippen LogP) is 2.52. The van der Waals surface area contributed by atoms with Crippen molar-refractivity contribution in [3.8, 4) is 0 Å².